The van der Waals surface area contributed by atoms with Crippen molar-refractivity contribution in [2.45, 2.75) is 64.1 Å². The molecule has 148 valence electrons. The molecule has 0 saturated heterocycles. The second-order valence-corrected chi connectivity index (χ2v) is 8.42. The van der Waals surface area contributed by atoms with E-state index in [2.05, 4.69) is 10.6 Å². The van der Waals surface area contributed by atoms with Crippen LogP contribution in [0.1, 0.15) is 56.3 Å². The molecule has 3 rings (SSSR count). The third-order valence-corrected chi connectivity index (χ3v) is 6.03. The zero-order chi connectivity index (χ0) is 19.6. The van der Waals surface area contributed by atoms with Crippen LogP contribution >= 0.6 is 0 Å². The molecular weight excluding hydrogens is 345 g/mol. The molecule has 0 heterocycles. The minimum absolute atomic E-state index is 0.0555. The van der Waals surface area contributed by atoms with E-state index in [-0.39, 0.29) is 29.8 Å². The van der Waals surface area contributed by atoms with Crippen molar-refractivity contribution in [2.24, 2.45) is 23.5 Å². The van der Waals surface area contributed by atoms with Gasteiger partial charge < -0.3 is 16.4 Å². The number of hydrogen-bond acceptors (Lipinski definition) is 3. The Morgan fingerprint density at radius 3 is 2.26 bits per heavy atom. The highest BCUT2D eigenvalue weighted by Gasteiger charge is 2.41. The van der Waals surface area contributed by atoms with E-state index in [1.807, 2.05) is 13.8 Å². The lowest BCUT2D eigenvalue weighted by molar-refractivity contribution is -0.126. The maximum absolute atomic E-state index is 13.1. The number of benzene rings is 1. The number of nitrogens with two attached hydrogens (primary N) is 1. The van der Waals surface area contributed by atoms with E-state index in [1.54, 1.807) is 0 Å². The van der Waals surface area contributed by atoms with Gasteiger partial charge in [0, 0.05) is 17.6 Å². The highest BCUT2D eigenvalue weighted by molar-refractivity contribution is 5.97. The molecule has 1 aromatic carbocycles. The molecule has 5 nitrogen and oxygen atoms in total. The highest BCUT2D eigenvalue weighted by atomic mass is 19.1. The third kappa shape index (κ3) is 4.67. The van der Waals surface area contributed by atoms with Crippen molar-refractivity contribution in [1.29, 1.82) is 0 Å². The topological polar surface area (TPSA) is 84.2 Å². The van der Waals surface area contributed by atoms with Crippen LogP contribution in [-0.2, 0) is 4.79 Å². The van der Waals surface area contributed by atoms with E-state index in [0.717, 1.165) is 25.7 Å². The molecule has 0 radical (unpaired) electrons. The smallest absolute Gasteiger partial charge is 0.251 e. The predicted molar refractivity (Wildman–Crippen MR) is 102 cm³/mol. The van der Waals surface area contributed by atoms with Crippen LogP contribution in [0.5, 0.6) is 0 Å². The maximum Gasteiger partial charge on any atom is 0.251 e. The van der Waals surface area contributed by atoms with Crippen LogP contribution in [-0.4, -0.2) is 29.9 Å². The first-order chi connectivity index (χ1) is 12.8. The Labute approximate surface area is 160 Å². The summed E-state index contributed by atoms with van der Waals surface area (Å²) in [5.41, 5.74) is 6.51. The first kappa shape index (κ1) is 19.8. The first-order valence-corrected chi connectivity index (χ1v) is 9.97. The fourth-order valence-corrected chi connectivity index (χ4v) is 4.64. The van der Waals surface area contributed by atoms with Gasteiger partial charge in [0.25, 0.3) is 5.91 Å². The molecule has 0 aromatic heterocycles. The van der Waals surface area contributed by atoms with Gasteiger partial charge in [-0.2, -0.15) is 0 Å². The molecule has 4 N–H and O–H groups in total. The van der Waals surface area contributed by atoms with Gasteiger partial charge in [0.15, 0.2) is 0 Å². The molecule has 6 heteroatoms. The molecule has 2 saturated carbocycles. The Morgan fingerprint density at radius 1 is 1.11 bits per heavy atom. The van der Waals surface area contributed by atoms with Gasteiger partial charge in [-0.3, -0.25) is 9.59 Å². The highest BCUT2D eigenvalue weighted by Crippen LogP contribution is 2.39. The van der Waals surface area contributed by atoms with Crippen molar-refractivity contribution in [3.05, 3.63) is 35.6 Å². The Balaban J connectivity index is 1.66. The van der Waals surface area contributed by atoms with Crippen LogP contribution in [0.15, 0.2) is 24.3 Å². The molecule has 2 aliphatic carbocycles. The van der Waals surface area contributed by atoms with Crippen LogP contribution in [0.25, 0.3) is 0 Å². The summed E-state index contributed by atoms with van der Waals surface area (Å²) in [6.45, 7) is 3.82. The zero-order valence-electron chi connectivity index (χ0n) is 16.1. The minimum atomic E-state index is -0.626. The predicted octanol–water partition coefficient (Wildman–Crippen LogP) is 2.60. The Morgan fingerprint density at radius 2 is 1.70 bits per heavy atom. The number of halogens is 1. The number of fused-ring (bicyclic) bond motifs is 2. The summed E-state index contributed by atoms with van der Waals surface area (Å²) >= 11 is 0. The van der Waals surface area contributed by atoms with Crippen LogP contribution in [0.3, 0.4) is 0 Å². The van der Waals surface area contributed by atoms with Gasteiger partial charge in [-0.15, -0.1) is 0 Å². The zero-order valence-corrected chi connectivity index (χ0v) is 16.1. The average Bonchev–Trinajstić information content (AvgIpc) is 2.60. The molecule has 0 aliphatic heterocycles. The molecule has 2 amide bonds. The maximum atomic E-state index is 13.1. The molecule has 2 aliphatic rings. The van der Waals surface area contributed by atoms with E-state index in [1.165, 1.54) is 30.7 Å². The third-order valence-electron chi connectivity index (χ3n) is 6.03. The molecule has 0 spiro atoms. The second-order valence-electron chi connectivity index (χ2n) is 8.42. The van der Waals surface area contributed by atoms with Gasteiger partial charge in [0.05, 0.1) is 0 Å². The summed E-state index contributed by atoms with van der Waals surface area (Å²) in [6.07, 6.45) is 5.31. The molecule has 2 bridgehead atoms. The van der Waals surface area contributed by atoms with Crippen molar-refractivity contribution >= 4 is 11.8 Å². The molecule has 2 fully saturated rings. The molecule has 3 unspecified atom stereocenters. The lowest BCUT2D eigenvalue weighted by Gasteiger charge is -2.45. The standard InChI is InChI=1S/C21H30FN3O2/c1-12(2)18(24-20(26)13-6-8-16(22)9-7-13)21(27)25-19-14-4-3-5-15(19)11-17(23)10-14/h6-9,12,14-15,17-19H,3-5,10-11,23H2,1-2H3,(H,24,26)(H,25,27). The normalized spacial score (nSPS) is 28.5. The quantitative estimate of drug-likeness (QED) is 0.740. The van der Waals surface area contributed by atoms with E-state index in [4.69, 9.17) is 5.73 Å². The summed E-state index contributed by atoms with van der Waals surface area (Å²) in [5, 5.41) is 6.04. The first-order valence-electron chi connectivity index (χ1n) is 9.97. The lowest BCUT2D eigenvalue weighted by atomic mass is 9.67. The number of rotatable bonds is 5. The summed E-state index contributed by atoms with van der Waals surface area (Å²) in [4.78, 5) is 25.4. The molecular formula is C21H30FN3O2. The lowest BCUT2D eigenvalue weighted by Crippen LogP contribution is -2.58. The van der Waals surface area contributed by atoms with Crippen LogP contribution in [0.4, 0.5) is 4.39 Å². The van der Waals surface area contributed by atoms with Crippen molar-refractivity contribution in [1.82, 2.24) is 10.6 Å². The molecule has 1 aromatic rings. The number of nitrogens with one attached hydrogen (secondary N) is 2. The van der Waals surface area contributed by atoms with Gasteiger partial charge >= 0.3 is 0 Å². The van der Waals surface area contributed by atoms with Gasteiger partial charge in [-0.05, 0) is 67.7 Å². The van der Waals surface area contributed by atoms with E-state index in [9.17, 15) is 14.0 Å². The van der Waals surface area contributed by atoms with Crippen LogP contribution in [0, 0.1) is 23.6 Å². The number of carbonyl (C=O) groups excluding carboxylic acids is 2. The molecule has 27 heavy (non-hydrogen) atoms. The SMILES string of the molecule is CC(C)C(NC(=O)c1ccc(F)cc1)C(=O)NC1C2CCCC1CC(N)C2. The van der Waals surface area contributed by atoms with Crippen molar-refractivity contribution in [3.63, 3.8) is 0 Å². The summed E-state index contributed by atoms with van der Waals surface area (Å²) in [6, 6.07) is 5.08. The monoisotopic (exact) mass is 375 g/mol. The molecule has 3 atom stereocenters. The largest absolute Gasteiger partial charge is 0.351 e. The van der Waals surface area contributed by atoms with Gasteiger partial charge in [-0.1, -0.05) is 20.3 Å². The minimum Gasteiger partial charge on any atom is -0.351 e. The summed E-state index contributed by atoms with van der Waals surface area (Å²) in [7, 11) is 0. The number of carbonyl (C=O) groups is 2. The Hall–Kier alpha value is -1.95. The second kappa shape index (κ2) is 8.38. The summed E-state index contributed by atoms with van der Waals surface area (Å²) in [5.74, 6) is -0.103. The fraction of sp³-hybridized carbons (Fsp3) is 0.619. The number of hydrogen-bond donors (Lipinski definition) is 3. The Bertz CT molecular complexity index is 663. The fourth-order valence-electron chi connectivity index (χ4n) is 4.64. The van der Waals surface area contributed by atoms with E-state index < -0.39 is 11.9 Å². The van der Waals surface area contributed by atoms with Crippen molar-refractivity contribution in [3.8, 4) is 0 Å². The van der Waals surface area contributed by atoms with Crippen molar-refractivity contribution < 1.29 is 14.0 Å². The average molecular weight is 375 g/mol. The van der Waals surface area contributed by atoms with Gasteiger partial charge in [0.1, 0.15) is 11.9 Å². The van der Waals surface area contributed by atoms with Gasteiger partial charge in [-0.25, -0.2) is 4.39 Å². The van der Waals surface area contributed by atoms with Crippen molar-refractivity contribution in [2.75, 3.05) is 0 Å². The Kier molecular flexibility index (Phi) is 6.15. The van der Waals surface area contributed by atoms with E-state index >= 15 is 0 Å². The van der Waals surface area contributed by atoms with Crippen LogP contribution in [0.2, 0.25) is 0 Å². The number of amides is 2. The van der Waals surface area contributed by atoms with Crippen LogP contribution < -0.4 is 16.4 Å². The van der Waals surface area contributed by atoms with Gasteiger partial charge in [0.2, 0.25) is 5.91 Å². The van der Waals surface area contributed by atoms with E-state index in [0.29, 0.717) is 17.4 Å². The summed E-state index contributed by atoms with van der Waals surface area (Å²) < 4.78 is 13.1.